The van der Waals surface area contributed by atoms with Crippen LogP contribution in [0.2, 0.25) is 0 Å². The Hall–Kier alpha value is -2.94. The first-order valence-electron chi connectivity index (χ1n) is 7.72. The molecule has 2 aromatic carbocycles. The number of aromatic nitrogens is 3. The van der Waals surface area contributed by atoms with Crippen LogP contribution < -0.4 is 0 Å². The van der Waals surface area contributed by atoms with E-state index in [2.05, 4.69) is 10.1 Å². The van der Waals surface area contributed by atoms with E-state index >= 15 is 0 Å². The second-order valence-corrected chi connectivity index (χ2v) is 7.73. The van der Waals surface area contributed by atoms with Crippen molar-refractivity contribution in [1.29, 1.82) is 0 Å². The number of hydrogen-bond donors (Lipinski definition) is 0. The largest absolute Gasteiger partial charge is 0.453 e. The summed E-state index contributed by atoms with van der Waals surface area (Å²) >= 11 is 0. The minimum atomic E-state index is -4.70. The lowest BCUT2D eigenvalue weighted by Gasteiger charge is -2.05. The van der Waals surface area contributed by atoms with E-state index in [4.69, 9.17) is 0 Å². The maximum atomic E-state index is 13.0. The summed E-state index contributed by atoms with van der Waals surface area (Å²) in [7, 11) is -3.42. The van der Waals surface area contributed by atoms with E-state index in [1.165, 1.54) is 30.3 Å². The minimum absolute atomic E-state index is 0.0294. The fourth-order valence-corrected chi connectivity index (χ4v) is 2.94. The summed E-state index contributed by atoms with van der Waals surface area (Å²) in [6.45, 7) is 0. The summed E-state index contributed by atoms with van der Waals surface area (Å²) in [6.07, 6.45) is -0.617. The molecule has 0 aliphatic rings. The SMILES string of the molecule is CS(=O)(=O)c1ccc(-n2nc(C(F)(F)F)nc2C=Cc2ccccc2)cc1. The van der Waals surface area contributed by atoms with E-state index in [0.29, 0.717) is 0 Å². The molecule has 27 heavy (non-hydrogen) atoms. The quantitative estimate of drug-likeness (QED) is 0.675. The molecule has 1 aromatic heterocycles. The first kappa shape index (κ1) is 18.8. The maximum absolute atomic E-state index is 13.0. The number of sulfone groups is 1. The molecule has 0 fully saturated rings. The van der Waals surface area contributed by atoms with Gasteiger partial charge < -0.3 is 0 Å². The third-order valence-electron chi connectivity index (χ3n) is 3.62. The van der Waals surface area contributed by atoms with E-state index in [1.807, 2.05) is 6.07 Å². The number of benzene rings is 2. The predicted molar refractivity (Wildman–Crippen MR) is 94.8 cm³/mol. The summed E-state index contributed by atoms with van der Waals surface area (Å²) in [6, 6.07) is 14.4. The summed E-state index contributed by atoms with van der Waals surface area (Å²) < 4.78 is 63.2. The van der Waals surface area contributed by atoms with Crippen LogP contribution in [0.1, 0.15) is 17.2 Å². The fourth-order valence-electron chi connectivity index (χ4n) is 2.31. The zero-order valence-corrected chi connectivity index (χ0v) is 14.9. The normalized spacial score (nSPS) is 12.6. The van der Waals surface area contributed by atoms with Gasteiger partial charge in [0.15, 0.2) is 15.7 Å². The highest BCUT2D eigenvalue weighted by Gasteiger charge is 2.37. The van der Waals surface area contributed by atoms with Crippen LogP contribution in [-0.4, -0.2) is 29.4 Å². The Kier molecular flexibility index (Phi) is 4.88. The summed E-state index contributed by atoms with van der Waals surface area (Å²) in [5.74, 6) is -1.30. The van der Waals surface area contributed by atoms with Crippen LogP contribution in [0.15, 0.2) is 59.5 Å². The molecule has 0 bridgehead atoms. The molecule has 5 nitrogen and oxygen atoms in total. The van der Waals surface area contributed by atoms with Gasteiger partial charge in [0.25, 0.3) is 5.82 Å². The Labute approximate surface area is 153 Å². The maximum Gasteiger partial charge on any atom is 0.453 e. The van der Waals surface area contributed by atoms with Gasteiger partial charge in [-0.3, -0.25) is 0 Å². The Morgan fingerprint density at radius 2 is 1.59 bits per heavy atom. The van der Waals surface area contributed by atoms with E-state index < -0.39 is 21.8 Å². The first-order chi connectivity index (χ1) is 12.6. The zero-order chi connectivity index (χ0) is 19.7. The van der Waals surface area contributed by atoms with Gasteiger partial charge in [0, 0.05) is 6.26 Å². The van der Waals surface area contributed by atoms with Gasteiger partial charge in [-0.25, -0.2) is 18.1 Å². The molecule has 1 heterocycles. The molecular weight excluding hydrogens is 379 g/mol. The smallest absolute Gasteiger partial charge is 0.224 e. The van der Waals surface area contributed by atoms with E-state index in [1.54, 1.807) is 30.3 Å². The highest BCUT2D eigenvalue weighted by atomic mass is 32.2. The Bertz CT molecular complexity index is 1070. The van der Waals surface area contributed by atoms with Crippen molar-refractivity contribution in [3.63, 3.8) is 0 Å². The molecule has 3 rings (SSSR count). The topological polar surface area (TPSA) is 64.8 Å². The summed E-state index contributed by atoms with van der Waals surface area (Å²) in [5.41, 5.74) is 1.05. The predicted octanol–water partition coefficient (Wildman–Crippen LogP) is 3.86. The van der Waals surface area contributed by atoms with Crippen LogP contribution >= 0.6 is 0 Å². The third kappa shape index (κ3) is 4.43. The van der Waals surface area contributed by atoms with Crippen molar-refractivity contribution in [2.45, 2.75) is 11.1 Å². The lowest BCUT2D eigenvalue weighted by atomic mass is 10.2. The van der Waals surface area contributed by atoms with Gasteiger partial charge in [-0.05, 0) is 35.9 Å². The number of halogens is 3. The Morgan fingerprint density at radius 3 is 2.15 bits per heavy atom. The molecule has 0 saturated heterocycles. The summed E-state index contributed by atoms with van der Waals surface area (Å²) in [4.78, 5) is 3.62. The molecule has 9 heteroatoms. The molecule has 0 amide bonds. The van der Waals surface area contributed by atoms with Crippen molar-refractivity contribution in [3.05, 3.63) is 71.8 Å². The highest BCUT2D eigenvalue weighted by molar-refractivity contribution is 7.90. The number of rotatable bonds is 4. The molecule has 0 aliphatic heterocycles. The number of nitrogens with zero attached hydrogens (tertiary/aromatic N) is 3. The van der Waals surface area contributed by atoms with Crippen molar-refractivity contribution in [2.75, 3.05) is 6.26 Å². The van der Waals surface area contributed by atoms with Gasteiger partial charge in [-0.1, -0.05) is 36.4 Å². The van der Waals surface area contributed by atoms with Gasteiger partial charge in [-0.15, -0.1) is 5.10 Å². The Morgan fingerprint density at radius 1 is 0.963 bits per heavy atom. The van der Waals surface area contributed by atoms with Crippen molar-refractivity contribution in [2.24, 2.45) is 0 Å². The van der Waals surface area contributed by atoms with E-state index in [-0.39, 0.29) is 16.4 Å². The van der Waals surface area contributed by atoms with Crippen LogP contribution in [0.25, 0.3) is 17.8 Å². The molecule has 140 valence electrons. The summed E-state index contributed by atoms with van der Waals surface area (Å²) in [5, 5.41) is 3.54. The van der Waals surface area contributed by atoms with Crippen LogP contribution in [-0.2, 0) is 16.0 Å². The van der Waals surface area contributed by atoms with Gasteiger partial charge in [0.1, 0.15) is 0 Å². The van der Waals surface area contributed by atoms with E-state index in [0.717, 1.165) is 16.5 Å². The van der Waals surface area contributed by atoms with Crippen molar-refractivity contribution in [3.8, 4) is 5.69 Å². The molecule has 3 aromatic rings. The number of alkyl halides is 3. The Balaban J connectivity index is 2.05. The zero-order valence-electron chi connectivity index (χ0n) is 14.1. The van der Waals surface area contributed by atoms with Gasteiger partial charge in [0.05, 0.1) is 10.6 Å². The number of hydrogen-bond acceptors (Lipinski definition) is 4. The monoisotopic (exact) mass is 393 g/mol. The molecular formula is C18H14F3N3O2S. The van der Waals surface area contributed by atoms with E-state index in [9.17, 15) is 21.6 Å². The van der Waals surface area contributed by atoms with Gasteiger partial charge in [-0.2, -0.15) is 13.2 Å². The lowest BCUT2D eigenvalue weighted by molar-refractivity contribution is -0.144. The second kappa shape index (κ2) is 6.99. The van der Waals surface area contributed by atoms with Crippen LogP contribution in [0.5, 0.6) is 0 Å². The lowest BCUT2D eigenvalue weighted by Crippen LogP contribution is -2.08. The average molecular weight is 393 g/mol. The fraction of sp³-hybridized carbons (Fsp3) is 0.111. The van der Waals surface area contributed by atoms with Crippen LogP contribution in [0.4, 0.5) is 13.2 Å². The van der Waals surface area contributed by atoms with Gasteiger partial charge >= 0.3 is 6.18 Å². The van der Waals surface area contributed by atoms with Crippen LogP contribution in [0.3, 0.4) is 0 Å². The molecule has 0 atom stereocenters. The molecule has 0 unspecified atom stereocenters. The molecule has 0 radical (unpaired) electrons. The molecule has 0 spiro atoms. The second-order valence-electron chi connectivity index (χ2n) is 5.71. The molecule has 0 aliphatic carbocycles. The standard InChI is InChI=1S/C18H14F3N3O2S/c1-27(25,26)15-10-8-14(9-11-15)24-16(22-17(23-24)18(19,20)21)12-7-13-5-3-2-4-6-13/h2-12H,1H3. The molecule has 0 N–H and O–H groups in total. The third-order valence-corrected chi connectivity index (χ3v) is 4.75. The van der Waals surface area contributed by atoms with Crippen molar-refractivity contribution < 1.29 is 21.6 Å². The minimum Gasteiger partial charge on any atom is -0.224 e. The average Bonchev–Trinajstić information content (AvgIpc) is 3.05. The van der Waals surface area contributed by atoms with Crippen molar-refractivity contribution in [1.82, 2.24) is 14.8 Å². The van der Waals surface area contributed by atoms with Crippen molar-refractivity contribution >= 4 is 22.0 Å². The van der Waals surface area contributed by atoms with Crippen LogP contribution in [0, 0.1) is 0 Å². The molecule has 0 saturated carbocycles. The van der Waals surface area contributed by atoms with Gasteiger partial charge in [0.2, 0.25) is 0 Å². The first-order valence-corrected chi connectivity index (χ1v) is 9.61. The highest BCUT2D eigenvalue weighted by Crippen LogP contribution is 2.28.